The standard InChI is InChI=1S/C21H30O4/c1-3-21(12-15-5-7-17(21)10-15)25-19(22)8-13(2)24-20(23)18-11-14-4-6-16(18)9-14/h4,6,13-18H,3,5,7-12H2,1-2H3/t13?,14?,15?,16?,17-,18?,21?/m1/s1. The molecule has 4 nitrogen and oxygen atoms in total. The van der Waals surface area contributed by atoms with Crippen molar-refractivity contribution >= 4 is 11.9 Å². The second-order valence-electron chi connectivity index (χ2n) is 8.81. The van der Waals surface area contributed by atoms with E-state index in [1.165, 1.54) is 19.3 Å². The van der Waals surface area contributed by atoms with Crippen molar-refractivity contribution in [3.63, 3.8) is 0 Å². The Morgan fingerprint density at radius 3 is 2.60 bits per heavy atom. The Bertz CT molecular complexity index is 582. The molecular formula is C21H30O4. The molecule has 0 radical (unpaired) electrons. The first-order chi connectivity index (χ1) is 12.0. The van der Waals surface area contributed by atoms with Crippen molar-refractivity contribution in [2.75, 3.05) is 0 Å². The third-order valence-corrected chi connectivity index (χ3v) is 7.19. The van der Waals surface area contributed by atoms with Gasteiger partial charge in [0, 0.05) is 0 Å². The van der Waals surface area contributed by atoms with Crippen LogP contribution in [0, 0.1) is 29.6 Å². The van der Waals surface area contributed by atoms with Crippen molar-refractivity contribution in [1.82, 2.24) is 0 Å². The van der Waals surface area contributed by atoms with Crippen LogP contribution in [0.5, 0.6) is 0 Å². The molecule has 25 heavy (non-hydrogen) atoms. The van der Waals surface area contributed by atoms with Crippen molar-refractivity contribution in [3.05, 3.63) is 12.2 Å². The number of carbonyl (C=O) groups excluding carboxylic acids is 2. The van der Waals surface area contributed by atoms with Crippen molar-refractivity contribution in [2.45, 2.75) is 76.9 Å². The molecule has 7 atom stereocenters. The maximum Gasteiger partial charge on any atom is 0.310 e. The molecular weight excluding hydrogens is 316 g/mol. The second-order valence-corrected chi connectivity index (χ2v) is 8.81. The van der Waals surface area contributed by atoms with Gasteiger partial charge in [-0.15, -0.1) is 0 Å². The lowest BCUT2D eigenvalue weighted by Gasteiger charge is -2.36. The fourth-order valence-corrected chi connectivity index (χ4v) is 5.91. The molecule has 4 aliphatic rings. The normalized spacial score (nSPS) is 41.9. The number of rotatable bonds is 6. The lowest BCUT2D eigenvalue weighted by atomic mass is 9.82. The van der Waals surface area contributed by atoms with Crippen LogP contribution in [-0.4, -0.2) is 23.6 Å². The fourth-order valence-electron chi connectivity index (χ4n) is 5.91. The van der Waals surface area contributed by atoms with Gasteiger partial charge in [0.25, 0.3) is 0 Å². The summed E-state index contributed by atoms with van der Waals surface area (Å²) in [6.07, 6.45) is 11.7. The average Bonchev–Trinajstić information content (AvgIpc) is 3.34. The maximum absolute atomic E-state index is 12.5. The molecule has 0 N–H and O–H groups in total. The summed E-state index contributed by atoms with van der Waals surface area (Å²) in [6, 6.07) is 0. The number of esters is 2. The summed E-state index contributed by atoms with van der Waals surface area (Å²) in [6.45, 7) is 3.93. The Hall–Kier alpha value is -1.32. The van der Waals surface area contributed by atoms with Gasteiger partial charge in [0.1, 0.15) is 11.7 Å². The summed E-state index contributed by atoms with van der Waals surface area (Å²) in [5.41, 5.74) is -0.251. The molecule has 3 saturated carbocycles. The molecule has 4 aliphatic carbocycles. The highest BCUT2D eigenvalue weighted by molar-refractivity contribution is 5.75. The first-order valence-corrected chi connectivity index (χ1v) is 10.1. The van der Waals surface area contributed by atoms with Crippen LogP contribution in [0.3, 0.4) is 0 Å². The molecule has 4 bridgehead atoms. The number of carbonyl (C=O) groups is 2. The Morgan fingerprint density at radius 1 is 1.20 bits per heavy atom. The van der Waals surface area contributed by atoms with Crippen LogP contribution < -0.4 is 0 Å². The minimum atomic E-state index is -0.407. The van der Waals surface area contributed by atoms with Crippen LogP contribution in [0.25, 0.3) is 0 Å². The Labute approximate surface area is 150 Å². The minimum Gasteiger partial charge on any atom is -0.462 e. The van der Waals surface area contributed by atoms with E-state index in [9.17, 15) is 9.59 Å². The molecule has 4 heteroatoms. The summed E-state index contributed by atoms with van der Waals surface area (Å²) >= 11 is 0. The van der Waals surface area contributed by atoms with E-state index in [1.807, 2.05) is 6.92 Å². The molecule has 0 aromatic heterocycles. The van der Waals surface area contributed by atoms with E-state index in [-0.39, 0.29) is 29.9 Å². The molecule has 6 unspecified atom stereocenters. The monoisotopic (exact) mass is 346 g/mol. The highest BCUT2D eigenvalue weighted by Crippen LogP contribution is 2.54. The summed E-state index contributed by atoms with van der Waals surface area (Å²) in [4.78, 5) is 24.8. The third-order valence-electron chi connectivity index (χ3n) is 7.19. The molecule has 0 aromatic carbocycles. The van der Waals surface area contributed by atoms with Crippen LogP contribution >= 0.6 is 0 Å². The zero-order chi connectivity index (χ0) is 17.6. The van der Waals surface area contributed by atoms with E-state index < -0.39 is 6.10 Å². The van der Waals surface area contributed by atoms with Crippen molar-refractivity contribution in [3.8, 4) is 0 Å². The van der Waals surface area contributed by atoms with Gasteiger partial charge in [-0.1, -0.05) is 19.1 Å². The molecule has 0 saturated heterocycles. The summed E-state index contributed by atoms with van der Waals surface area (Å²) in [7, 11) is 0. The second kappa shape index (κ2) is 6.44. The quantitative estimate of drug-likeness (QED) is 0.538. The van der Waals surface area contributed by atoms with Crippen molar-refractivity contribution in [2.24, 2.45) is 29.6 Å². The molecule has 0 amide bonds. The van der Waals surface area contributed by atoms with E-state index in [0.717, 1.165) is 31.6 Å². The minimum absolute atomic E-state index is 0.0129. The number of fused-ring (bicyclic) bond motifs is 4. The lowest BCUT2D eigenvalue weighted by molar-refractivity contribution is -0.171. The van der Waals surface area contributed by atoms with Gasteiger partial charge in [-0.2, -0.15) is 0 Å². The first kappa shape index (κ1) is 17.1. The maximum atomic E-state index is 12.5. The van der Waals surface area contributed by atoms with Gasteiger partial charge in [0.15, 0.2) is 0 Å². The first-order valence-electron chi connectivity index (χ1n) is 10.1. The molecule has 0 heterocycles. The number of allylic oxidation sites excluding steroid dienone is 2. The summed E-state index contributed by atoms with van der Waals surface area (Å²) < 4.78 is 11.5. The van der Waals surface area contributed by atoms with E-state index in [4.69, 9.17) is 9.47 Å². The number of ether oxygens (including phenoxy) is 2. The zero-order valence-electron chi connectivity index (χ0n) is 15.4. The van der Waals surface area contributed by atoms with Gasteiger partial charge >= 0.3 is 11.9 Å². The van der Waals surface area contributed by atoms with E-state index in [0.29, 0.717) is 17.8 Å². The van der Waals surface area contributed by atoms with Crippen LogP contribution in [0.4, 0.5) is 0 Å². The van der Waals surface area contributed by atoms with E-state index in [2.05, 4.69) is 19.1 Å². The fraction of sp³-hybridized carbons (Fsp3) is 0.810. The molecule has 3 fully saturated rings. The van der Waals surface area contributed by atoms with Crippen molar-refractivity contribution in [1.29, 1.82) is 0 Å². The SMILES string of the molecule is CCC1(OC(=O)CC(C)OC(=O)C2CC3C=CC2C3)CC2CC[C@@H]1C2. The average molecular weight is 346 g/mol. The van der Waals surface area contributed by atoms with Crippen LogP contribution in [0.1, 0.15) is 65.2 Å². The van der Waals surface area contributed by atoms with Gasteiger partial charge in [-0.05, 0) is 75.5 Å². The van der Waals surface area contributed by atoms with Crippen LogP contribution in [0.2, 0.25) is 0 Å². The van der Waals surface area contributed by atoms with Gasteiger partial charge in [-0.3, -0.25) is 9.59 Å². The van der Waals surface area contributed by atoms with E-state index >= 15 is 0 Å². The van der Waals surface area contributed by atoms with Gasteiger partial charge < -0.3 is 9.47 Å². The van der Waals surface area contributed by atoms with Gasteiger partial charge in [0.05, 0.1) is 12.3 Å². The highest BCUT2D eigenvalue weighted by atomic mass is 16.6. The summed E-state index contributed by atoms with van der Waals surface area (Å²) in [5, 5.41) is 0. The Balaban J connectivity index is 1.27. The van der Waals surface area contributed by atoms with Crippen molar-refractivity contribution < 1.29 is 19.1 Å². The molecule has 0 aromatic rings. The van der Waals surface area contributed by atoms with E-state index in [1.54, 1.807) is 0 Å². The smallest absolute Gasteiger partial charge is 0.310 e. The topological polar surface area (TPSA) is 52.6 Å². The number of hydrogen-bond acceptors (Lipinski definition) is 4. The highest BCUT2D eigenvalue weighted by Gasteiger charge is 2.52. The van der Waals surface area contributed by atoms with Gasteiger partial charge in [0.2, 0.25) is 0 Å². The predicted octanol–water partition coefficient (Wildman–Crippen LogP) is 4.03. The Morgan fingerprint density at radius 2 is 2.04 bits per heavy atom. The number of hydrogen-bond donors (Lipinski definition) is 0. The van der Waals surface area contributed by atoms with Crippen LogP contribution in [-0.2, 0) is 19.1 Å². The molecule has 0 spiro atoms. The zero-order valence-corrected chi connectivity index (χ0v) is 15.4. The molecule has 138 valence electrons. The van der Waals surface area contributed by atoms with Gasteiger partial charge in [-0.25, -0.2) is 0 Å². The Kier molecular flexibility index (Phi) is 4.41. The third kappa shape index (κ3) is 3.13. The van der Waals surface area contributed by atoms with Crippen LogP contribution in [0.15, 0.2) is 12.2 Å². The lowest BCUT2D eigenvalue weighted by Crippen LogP contribution is -2.40. The summed E-state index contributed by atoms with van der Waals surface area (Å²) in [5.74, 6) is 1.80. The molecule has 0 aliphatic heterocycles. The molecule has 4 rings (SSSR count). The predicted molar refractivity (Wildman–Crippen MR) is 93.6 cm³/mol. The largest absolute Gasteiger partial charge is 0.462 e.